The molecule has 1 aromatic carbocycles. The van der Waals surface area contributed by atoms with Crippen LogP contribution in [-0.4, -0.2) is 11.9 Å². The molecule has 1 unspecified atom stereocenters. The fraction of sp³-hybridized carbons (Fsp3) is 0.471. The van der Waals surface area contributed by atoms with E-state index in [4.69, 9.17) is 0 Å². The summed E-state index contributed by atoms with van der Waals surface area (Å²) in [6, 6.07) is 8.70. The Balaban J connectivity index is 1.95. The van der Waals surface area contributed by atoms with Gasteiger partial charge in [-0.05, 0) is 50.7 Å². The first-order valence-corrected chi connectivity index (χ1v) is 7.31. The van der Waals surface area contributed by atoms with Crippen molar-refractivity contribution in [2.24, 2.45) is 0 Å². The van der Waals surface area contributed by atoms with Crippen LogP contribution in [0.3, 0.4) is 0 Å². The van der Waals surface area contributed by atoms with E-state index in [1.54, 1.807) is 0 Å². The third kappa shape index (κ3) is 2.44. The van der Waals surface area contributed by atoms with Crippen LogP contribution in [0.15, 0.2) is 35.9 Å². The Kier molecular flexibility index (Phi) is 3.41. The molecule has 2 nitrogen and oxygen atoms in total. The molecule has 2 heteroatoms. The predicted molar refractivity (Wildman–Crippen MR) is 78.3 cm³/mol. The van der Waals surface area contributed by atoms with Gasteiger partial charge in [0.05, 0.1) is 0 Å². The lowest BCUT2D eigenvalue weighted by Gasteiger charge is -2.27. The first kappa shape index (κ1) is 12.5. The zero-order chi connectivity index (χ0) is 13.2. The van der Waals surface area contributed by atoms with E-state index in [9.17, 15) is 4.79 Å². The van der Waals surface area contributed by atoms with Crippen molar-refractivity contribution in [2.75, 3.05) is 4.90 Å². The maximum atomic E-state index is 12.5. The monoisotopic (exact) mass is 255 g/mol. The molecule has 0 fully saturated rings. The number of fused-ring (bicyclic) bond motifs is 3. The first-order valence-electron chi connectivity index (χ1n) is 7.31. The standard InChI is InChI=1S/C17H21NO/c1-13-7-3-2-4-10-17(19)18-15(11-13)12-14-8-5-6-9-16(14)18/h5-9,15H,2-4,10-12H2,1H3. The van der Waals surface area contributed by atoms with E-state index >= 15 is 0 Å². The van der Waals surface area contributed by atoms with Gasteiger partial charge in [0, 0.05) is 18.2 Å². The molecule has 0 bridgehead atoms. The normalized spacial score (nSPS) is 23.6. The van der Waals surface area contributed by atoms with Gasteiger partial charge in [0.2, 0.25) is 5.91 Å². The number of carbonyl (C=O) groups excluding carboxylic acids is 1. The van der Waals surface area contributed by atoms with Crippen LogP contribution in [0, 0.1) is 0 Å². The minimum Gasteiger partial charge on any atom is -0.308 e. The van der Waals surface area contributed by atoms with E-state index in [1.807, 2.05) is 6.07 Å². The number of benzene rings is 1. The number of nitrogens with zero attached hydrogens (tertiary/aromatic N) is 1. The van der Waals surface area contributed by atoms with Crippen LogP contribution in [0.4, 0.5) is 5.69 Å². The van der Waals surface area contributed by atoms with Gasteiger partial charge in [-0.15, -0.1) is 0 Å². The van der Waals surface area contributed by atoms with Crippen LogP contribution < -0.4 is 4.90 Å². The van der Waals surface area contributed by atoms with Crippen LogP contribution in [0.1, 0.15) is 44.6 Å². The molecule has 1 atom stereocenters. The molecule has 0 aromatic heterocycles. The van der Waals surface area contributed by atoms with Gasteiger partial charge in [-0.25, -0.2) is 0 Å². The minimum absolute atomic E-state index is 0.310. The average molecular weight is 255 g/mol. The fourth-order valence-corrected chi connectivity index (χ4v) is 3.31. The van der Waals surface area contributed by atoms with Crippen molar-refractivity contribution >= 4 is 11.6 Å². The van der Waals surface area contributed by atoms with E-state index in [1.165, 1.54) is 11.1 Å². The molecule has 2 aliphatic heterocycles. The van der Waals surface area contributed by atoms with E-state index in [-0.39, 0.29) is 0 Å². The Bertz CT molecular complexity index is 518. The Morgan fingerprint density at radius 1 is 1.16 bits per heavy atom. The zero-order valence-electron chi connectivity index (χ0n) is 11.6. The van der Waals surface area contributed by atoms with Gasteiger partial charge in [-0.2, -0.15) is 0 Å². The van der Waals surface area contributed by atoms with Crippen LogP contribution in [0.2, 0.25) is 0 Å². The molecule has 1 amide bonds. The van der Waals surface area contributed by atoms with Gasteiger partial charge in [0.1, 0.15) is 0 Å². The second-order valence-electron chi connectivity index (χ2n) is 5.75. The average Bonchev–Trinajstić information content (AvgIpc) is 2.75. The summed E-state index contributed by atoms with van der Waals surface area (Å²) >= 11 is 0. The predicted octanol–water partition coefficient (Wildman–Crippen LogP) is 3.85. The largest absolute Gasteiger partial charge is 0.308 e. The fourth-order valence-electron chi connectivity index (χ4n) is 3.31. The molecule has 0 radical (unpaired) electrons. The molecular weight excluding hydrogens is 234 g/mol. The summed E-state index contributed by atoms with van der Waals surface area (Å²) in [5.74, 6) is 0.310. The Morgan fingerprint density at radius 2 is 2.00 bits per heavy atom. The number of para-hydroxylation sites is 1. The quantitative estimate of drug-likeness (QED) is 0.645. The van der Waals surface area contributed by atoms with Crippen LogP contribution in [-0.2, 0) is 11.2 Å². The van der Waals surface area contributed by atoms with Crippen molar-refractivity contribution in [3.63, 3.8) is 0 Å². The summed E-state index contributed by atoms with van der Waals surface area (Å²) in [5.41, 5.74) is 3.90. The summed E-state index contributed by atoms with van der Waals surface area (Å²) in [6.45, 7) is 2.20. The Labute approximate surface area is 115 Å². The smallest absolute Gasteiger partial charge is 0.227 e. The van der Waals surface area contributed by atoms with Gasteiger partial charge >= 0.3 is 0 Å². The van der Waals surface area contributed by atoms with Crippen molar-refractivity contribution in [1.29, 1.82) is 0 Å². The topological polar surface area (TPSA) is 20.3 Å². The summed E-state index contributed by atoms with van der Waals surface area (Å²) in [4.78, 5) is 14.6. The SMILES string of the molecule is CC1=CCCCCC(=O)N2c3ccccc3CC2C1. The Hall–Kier alpha value is -1.57. The molecule has 0 saturated heterocycles. The highest BCUT2D eigenvalue weighted by atomic mass is 16.2. The third-order valence-electron chi connectivity index (χ3n) is 4.24. The number of allylic oxidation sites excluding steroid dienone is 1. The summed E-state index contributed by atoms with van der Waals surface area (Å²) in [5, 5.41) is 0. The highest BCUT2D eigenvalue weighted by Crippen LogP contribution is 2.35. The summed E-state index contributed by atoms with van der Waals surface area (Å²) < 4.78 is 0. The molecule has 100 valence electrons. The first-order chi connectivity index (χ1) is 9.25. The number of amides is 1. The number of hydrogen-bond acceptors (Lipinski definition) is 1. The molecule has 2 aliphatic rings. The van der Waals surface area contributed by atoms with Gasteiger partial charge in [-0.3, -0.25) is 4.79 Å². The minimum atomic E-state index is 0.310. The van der Waals surface area contributed by atoms with Crippen LogP contribution in [0.5, 0.6) is 0 Å². The van der Waals surface area contributed by atoms with E-state index in [0.29, 0.717) is 18.4 Å². The molecule has 2 heterocycles. The lowest BCUT2D eigenvalue weighted by molar-refractivity contribution is -0.119. The second kappa shape index (κ2) is 5.20. The maximum Gasteiger partial charge on any atom is 0.227 e. The summed E-state index contributed by atoms with van der Waals surface area (Å²) in [7, 11) is 0. The molecule has 1 aromatic rings. The van der Waals surface area contributed by atoms with E-state index in [0.717, 1.165) is 37.8 Å². The second-order valence-corrected chi connectivity index (χ2v) is 5.75. The molecule has 0 N–H and O–H groups in total. The van der Waals surface area contributed by atoms with Crippen LogP contribution in [0.25, 0.3) is 0 Å². The highest BCUT2D eigenvalue weighted by Gasteiger charge is 2.33. The Morgan fingerprint density at radius 3 is 2.89 bits per heavy atom. The number of rotatable bonds is 0. The third-order valence-corrected chi connectivity index (χ3v) is 4.24. The molecule has 0 aliphatic carbocycles. The van der Waals surface area contributed by atoms with Gasteiger partial charge in [0.25, 0.3) is 0 Å². The van der Waals surface area contributed by atoms with Gasteiger partial charge in [0.15, 0.2) is 0 Å². The highest BCUT2D eigenvalue weighted by molar-refractivity contribution is 5.96. The number of anilines is 1. The van der Waals surface area contributed by atoms with Gasteiger partial charge < -0.3 is 4.90 Å². The van der Waals surface area contributed by atoms with Crippen molar-refractivity contribution < 1.29 is 4.79 Å². The van der Waals surface area contributed by atoms with Gasteiger partial charge in [-0.1, -0.05) is 29.8 Å². The lowest BCUT2D eigenvalue weighted by atomic mass is 10.0. The van der Waals surface area contributed by atoms with E-state index < -0.39 is 0 Å². The van der Waals surface area contributed by atoms with Crippen LogP contribution >= 0.6 is 0 Å². The maximum absolute atomic E-state index is 12.5. The van der Waals surface area contributed by atoms with Crippen molar-refractivity contribution in [1.82, 2.24) is 0 Å². The zero-order valence-corrected chi connectivity index (χ0v) is 11.6. The van der Waals surface area contributed by atoms with Crippen molar-refractivity contribution in [3.05, 3.63) is 41.5 Å². The number of carbonyl (C=O) groups is 1. The lowest BCUT2D eigenvalue weighted by Crippen LogP contribution is -2.38. The molecule has 19 heavy (non-hydrogen) atoms. The molecule has 0 saturated carbocycles. The summed E-state index contributed by atoms with van der Waals surface area (Å²) in [6.07, 6.45) is 8.33. The molecule has 3 rings (SSSR count). The molecular formula is C17H21NO. The van der Waals surface area contributed by atoms with Crippen molar-refractivity contribution in [3.8, 4) is 0 Å². The van der Waals surface area contributed by atoms with Crippen molar-refractivity contribution in [2.45, 2.75) is 51.5 Å². The van der Waals surface area contributed by atoms with E-state index in [2.05, 4.69) is 36.1 Å². The number of hydrogen-bond donors (Lipinski definition) is 0. The molecule has 0 spiro atoms.